The van der Waals surface area contributed by atoms with Crippen molar-refractivity contribution < 1.29 is 11.0 Å². The Labute approximate surface area is 43.9 Å². The van der Waals surface area contributed by atoms with Crippen LogP contribution in [0.4, 0.5) is 0 Å². The van der Waals surface area contributed by atoms with Crippen LogP contribution < -0.4 is 5.73 Å². The van der Waals surface area contributed by atoms with Crippen molar-refractivity contribution in [3.8, 4) is 0 Å². The van der Waals surface area contributed by atoms with Gasteiger partial charge in [0.25, 0.3) is 0 Å². The van der Waals surface area contributed by atoms with Crippen LogP contribution in [0.15, 0.2) is 0 Å². The highest BCUT2D eigenvalue weighted by Gasteiger charge is 1.91. The fourth-order valence-electron chi connectivity index (χ4n) is 0.220. The minimum absolute atomic E-state index is 0. The second-order valence-electron chi connectivity index (χ2n) is 1.01. The highest BCUT2D eigenvalue weighted by Crippen LogP contribution is 1.69. The van der Waals surface area contributed by atoms with Gasteiger partial charge in [0.2, 0.25) is 0 Å². The molecular formula is C4H10NO2+. The summed E-state index contributed by atoms with van der Waals surface area (Å²) in [4.78, 5) is 10.1. The highest BCUT2D eigenvalue weighted by atomic mass is 16.5. The lowest BCUT2D eigenvalue weighted by atomic mass is 10.7. The molecule has 0 saturated heterocycles. The lowest BCUT2D eigenvalue weighted by Gasteiger charge is -1.93. The van der Waals surface area contributed by atoms with Gasteiger partial charge in [-0.3, -0.25) is 4.79 Å². The number of carbonyl (C=O) groups is 1. The second-order valence-corrected chi connectivity index (χ2v) is 1.01. The maximum Gasteiger partial charge on any atom is 1.00 e. The van der Waals surface area contributed by atoms with E-state index in [9.17, 15) is 4.79 Å². The second kappa shape index (κ2) is 3.61. The van der Waals surface area contributed by atoms with Gasteiger partial charge >= 0.3 is 7.40 Å². The van der Waals surface area contributed by atoms with E-state index in [0.717, 1.165) is 0 Å². The summed E-state index contributed by atoms with van der Waals surface area (Å²) in [6.45, 7) is 2.14. The summed E-state index contributed by atoms with van der Waals surface area (Å²) >= 11 is 0. The van der Waals surface area contributed by atoms with Crippen molar-refractivity contribution in [1.29, 1.82) is 0 Å². The minimum atomic E-state index is -0.345. The molecule has 0 radical (unpaired) electrons. The molecule has 0 fully saturated rings. The van der Waals surface area contributed by atoms with E-state index >= 15 is 0 Å². The molecule has 0 bridgehead atoms. The summed E-state index contributed by atoms with van der Waals surface area (Å²) in [6, 6.07) is 0. The standard InChI is InChI=1S/C4H9NO2/c1-2-7-4(6)3-5/h2-3,5H2,1H3/p+1. The van der Waals surface area contributed by atoms with Gasteiger partial charge in [-0.1, -0.05) is 0 Å². The van der Waals surface area contributed by atoms with Gasteiger partial charge in [0.15, 0.2) is 0 Å². The summed E-state index contributed by atoms with van der Waals surface area (Å²) in [6.07, 6.45) is 0. The normalized spacial score (nSPS) is 8.29. The molecule has 2 N–H and O–H groups in total. The monoisotopic (exact) mass is 104 g/mol. The average molecular weight is 104 g/mol. The van der Waals surface area contributed by atoms with Crippen molar-refractivity contribution in [1.82, 2.24) is 0 Å². The predicted molar refractivity (Wildman–Crippen MR) is 26.8 cm³/mol. The first-order valence-corrected chi connectivity index (χ1v) is 2.17. The van der Waals surface area contributed by atoms with Crippen molar-refractivity contribution in [2.45, 2.75) is 6.92 Å². The topological polar surface area (TPSA) is 52.3 Å². The molecule has 0 aliphatic carbocycles. The molecule has 0 aromatic carbocycles. The Morgan fingerprint density at radius 2 is 2.57 bits per heavy atom. The van der Waals surface area contributed by atoms with E-state index in [1.165, 1.54) is 0 Å². The van der Waals surface area contributed by atoms with E-state index in [0.29, 0.717) is 6.61 Å². The van der Waals surface area contributed by atoms with Crippen molar-refractivity contribution in [2.75, 3.05) is 13.2 Å². The molecule has 3 heteroatoms. The maximum absolute atomic E-state index is 10.1. The van der Waals surface area contributed by atoms with Crippen LogP contribution in [0.3, 0.4) is 0 Å². The maximum atomic E-state index is 10.1. The quantitative estimate of drug-likeness (QED) is 0.486. The molecule has 0 amide bonds. The van der Waals surface area contributed by atoms with Crippen LogP contribution in [0, 0.1) is 0 Å². The van der Waals surface area contributed by atoms with Gasteiger partial charge in [-0.25, -0.2) is 0 Å². The zero-order chi connectivity index (χ0) is 5.70. The van der Waals surface area contributed by atoms with Crippen LogP contribution in [0.5, 0.6) is 0 Å². The van der Waals surface area contributed by atoms with Crippen LogP contribution >= 0.6 is 0 Å². The highest BCUT2D eigenvalue weighted by molar-refractivity contribution is 5.71. The molecule has 0 heterocycles. The number of carbonyl (C=O) groups excluding carboxylic acids is 1. The van der Waals surface area contributed by atoms with Crippen molar-refractivity contribution in [2.24, 2.45) is 5.73 Å². The smallest absolute Gasteiger partial charge is 0.465 e. The predicted octanol–water partition coefficient (Wildman–Crippen LogP) is -0.379. The molecule has 0 saturated carbocycles. The molecular weight excluding hydrogens is 94.0 g/mol. The van der Waals surface area contributed by atoms with Gasteiger partial charge in [0.1, 0.15) is 0 Å². The molecule has 0 aromatic heterocycles. The van der Waals surface area contributed by atoms with E-state index < -0.39 is 0 Å². The molecule has 0 spiro atoms. The Bertz CT molecular complexity index is 67.1. The van der Waals surface area contributed by atoms with E-state index in [1.807, 2.05) is 0 Å². The van der Waals surface area contributed by atoms with Gasteiger partial charge < -0.3 is 10.5 Å². The van der Waals surface area contributed by atoms with Gasteiger partial charge in [0.05, 0.1) is 13.2 Å². The average Bonchev–Trinajstić information content (AvgIpc) is 1.68. The molecule has 0 aliphatic rings. The fourth-order valence-corrected chi connectivity index (χ4v) is 0.220. The molecule has 0 unspecified atom stereocenters. The van der Waals surface area contributed by atoms with Crippen molar-refractivity contribution in [3.05, 3.63) is 0 Å². The number of ether oxygens (including phenoxy) is 1. The molecule has 0 rings (SSSR count). The van der Waals surface area contributed by atoms with Crippen LogP contribution in [0.1, 0.15) is 8.35 Å². The van der Waals surface area contributed by atoms with Gasteiger partial charge in [-0.05, 0) is 6.92 Å². The van der Waals surface area contributed by atoms with Gasteiger partial charge in [0, 0.05) is 0 Å². The van der Waals surface area contributed by atoms with E-state index in [-0.39, 0.29) is 13.9 Å². The number of nitrogens with two attached hydrogens (primary N) is 1. The third kappa shape index (κ3) is 3.26. The number of hydrogen-bond acceptors (Lipinski definition) is 3. The zero-order valence-corrected chi connectivity index (χ0v) is 4.31. The van der Waals surface area contributed by atoms with Crippen molar-refractivity contribution in [3.63, 3.8) is 0 Å². The summed E-state index contributed by atoms with van der Waals surface area (Å²) in [5.41, 5.74) is 4.88. The first-order chi connectivity index (χ1) is 3.31. The summed E-state index contributed by atoms with van der Waals surface area (Å²) in [5.74, 6) is -0.345. The lowest BCUT2D eigenvalue weighted by molar-refractivity contribution is -0.141. The fraction of sp³-hybridized carbons (Fsp3) is 0.750. The van der Waals surface area contributed by atoms with Crippen LogP contribution in [0.2, 0.25) is 0 Å². The Kier molecular flexibility index (Phi) is 3.32. The molecule has 3 nitrogen and oxygen atoms in total. The zero-order valence-electron chi connectivity index (χ0n) is 5.31. The van der Waals surface area contributed by atoms with Crippen LogP contribution in [0.25, 0.3) is 0 Å². The van der Waals surface area contributed by atoms with Gasteiger partial charge in [-0.15, -0.1) is 0 Å². The van der Waals surface area contributed by atoms with Crippen molar-refractivity contribution >= 4 is 5.97 Å². The summed E-state index contributed by atoms with van der Waals surface area (Å²) in [5, 5.41) is 0. The molecule has 0 aliphatic heterocycles. The van der Waals surface area contributed by atoms with E-state index in [4.69, 9.17) is 5.73 Å². The number of esters is 1. The molecule has 0 atom stereocenters. The summed E-state index contributed by atoms with van der Waals surface area (Å²) in [7, 11) is 0. The first-order valence-electron chi connectivity index (χ1n) is 2.17. The van der Waals surface area contributed by atoms with E-state index in [2.05, 4.69) is 4.74 Å². The Balaban J connectivity index is 0. The summed E-state index contributed by atoms with van der Waals surface area (Å²) < 4.78 is 4.43. The number of rotatable bonds is 2. The third-order valence-electron chi connectivity index (χ3n) is 0.472. The minimum Gasteiger partial charge on any atom is -0.465 e. The van der Waals surface area contributed by atoms with Gasteiger partial charge in [-0.2, -0.15) is 0 Å². The molecule has 42 valence electrons. The van der Waals surface area contributed by atoms with E-state index in [1.54, 1.807) is 6.92 Å². The number of hydrogen-bond donors (Lipinski definition) is 1. The van der Waals surface area contributed by atoms with Crippen LogP contribution in [-0.4, -0.2) is 19.1 Å². The SMILES string of the molecule is CCOC(=O)CN.[H+]. The largest absolute Gasteiger partial charge is 1.00 e. The molecule has 7 heavy (non-hydrogen) atoms. The Hall–Kier alpha value is -0.570. The third-order valence-corrected chi connectivity index (χ3v) is 0.472. The Morgan fingerprint density at radius 1 is 2.00 bits per heavy atom. The first kappa shape index (κ1) is 6.43. The van der Waals surface area contributed by atoms with Crippen LogP contribution in [-0.2, 0) is 9.53 Å². The molecule has 0 aromatic rings. The Morgan fingerprint density at radius 3 is 2.71 bits per heavy atom. The lowest BCUT2D eigenvalue weighted by Crippen LogP contribution is -2.16.